The summed E-state index contributed by atoms with van der Waals surface area (Å²) in [6, 6.07) is 13.6. The van der Waals surface area contributed by atoms with Crippen LogP contribution in [0.3, 0.4) is 0 Å². The molecule has 0 aliphatic heterocycles. The number of rotatable bonds is 6. The molecule has 1 atom stereocenters. The molecule has 0 spiro atoms. The second-order valence-corrected chi connectivity index (χ2v) is 6.53. The molecule has 3 rings (SSSR count). The maximum Gasteiger partial charge on any atom is 0.343 e. The van der Waals surface area contributed by atoms with Crippen LogP contribution in [-0.2, 0) is 4.79 Å². The molecular formula is C22H20FNO5. The third kappa shape index (κ3) is 4.82. The normalized spacial score (nSPS) is 11.7. The van der Waals surface area contributed by atoms with E-state index in [2.05, 4.69) is 5.32 Å². The minimum Gasteiger partial charge on any atom is -0.507 e. The fraction of sp³-hybridized carbons (Fsp3) is 0.182. The molecule has 0 radical (unpaired) electrons. The van der Waals surface area contributed by atoms with Crippen LogP contribution in [0.15, 0.2) is 63.8 Å². The summed E-state index contributed by atoms with van der Waals surface area (Å²) in [5.74, 6) is -1.09. The molecule has 0 fully saturated rings. The summed E-state index contributed by atoms with van der Waals surface area (Å²) in [7, 11) is 1.53. The third-order valence-corrected chi connectivity index (χ3v) is 4.45. The summed E-state index contributed by atoms with van der Waals surface area (Å²) in [6.07, 6.45) is -0.162. The molecule has 0 saturated carbocycles. The molecule has 3 aromatic rings. The van der Waals surface area contributed by atoms with E-state index < -0.39 is 23.3 Å². The first-order valence-electron chi connectivity index (χ1n) is 8.90. The van der Waals surface area contributed by atoms with Crippen molar-refractivity contribution in [3.63, 3.8) is 0 Å². The smallest absolute Gasteiger partial charge is 0.343 e. The van der Waals surface area contributed by atoms with Crippen LogP contribution in [0.1, 0.15) is 29.2 Å². The maximum absolute atomic E-state index is 13.4. The van der Waals surface area contributed by atoms with E-state index in [1.54, 1.807) is 37.3 Å². The molecule has 1 heterocycles. The van der Waals surface area contributed by atoms with Crippen molar-refractivity contribution in [3.8, 4) is 11.5 Å². The highest BCUT2D eigenvalue weighted by atomic mass is 19.1. The number of aryl methyl sites for hydroxylation is 1. The molecule has 0 saturated heterocycles. The first-order chi connectivity index (χ1) is 13.9. The predicted molar refractivity (Wildman–Crippen MR) is 106 cm³/mol. The van der Waals surface area contributed by atoms with Crippen LogP contribution in [0.4, 0.5) is 10.1 Å². The lowest BCUT2D eigenvalue weighted by Gasteiger charge is -2.18. The lowest BCUT2D eigenvalue weighted by Crippen LogP contribution is -2.21. The van der Waals surface area contributed by atoms with Gasteiger partial charge in [-0.2, -0.15) is 0 Å². The zero-order valence-electron chi connectivity index (χ0n) is 15.9. The van der Waals surface area contributed by atoms with Gasteiger partial charge in [-0.15, -0.1) is 0 Å². The zero-order chi connectivity index (χ0) is 21.0. The van der Waals surface area contributed by atoms with E-state index in [0.717, 1.165) is 0 Å². The van der Waals surface area contributed by atoms with Crippen LogP contribution < -0.4 is 15.7 Å². The fourth-order valence-corrected chi connectivity index (χ4v) is 3.11. The van der Waals surface area contributed by atoms with E-state index in [4.69, 9.17) is 9.15 Å². The van der Waals surface area contributed by atoms with Gasteiger partial charge in [0.2, 0.25) is 5.91 Å². The molecule has 1 unspecified atom stereocenters. The van der Waals surface area contributed by atoms with Crippen molar-refractivity contribution in [3.05, 3.63) is 87.7 Å². The molecule has 2 aromatic carbocycles. The van der Waals surface area contributed by atoms with Gasteiger partial charge in [-0.1, -0.05) is 18.2 Å². The van der Waals surface area contributed by atoms with Gasteiger partial charge < -0.3 is 19.6 Å². The van der Waals surface area contributed by atoms with Crippen molar-refractivity contribution >= 4 is 11.6 Å². The molecule has 0 bridgehead atoms. The predicted octanol–water partition coefficient (Wildman–Crippen LogP) is 3.96. The number of anilines is 1. The van der Waals surface area contributed by atoms with Crippen molar-refractivity contribution in [1.29, 1.82) is 0 Å². The Morgan fingerprint density at radius 1 is 1.21 bits per heavy atom. The van der Waals surface area contributed by atoms with Gasteiger partial charge in [0.1, 0.15) is 23.1 Å². The van der Waals surface area contributed by atoms with Gasteiger partial charge in [-0.25, -0.2) is 9.18 Å². The molecule has 150 valence electrons. The molecule has 0 aliphatic carbocycles. The summed E-state index contributed by atoms with van der Waals surface area (Å²) in [5, 5.41) is 13.0. The molecule has 6 nitrogen and oxygen atoms in total. The van der Waals surface area contributed by atoms with E-state index in [0.29, 0.717) is 17.0 Å². The number of aromatic hydroxyl groups is 1. The van der Waals surface area contributed by atoms with E-state index in [-0.39, 0.29) is 23.5 Å². The standard InChI is InChI=1S/C22H20FNO5/c1-13-10-19(25)21(22(27)29-13)18(14-6-8-17(28-2)9-7-14)12-20(26)24-16-5-3-4-15(23)11-16/h3-11,18,25H,12H2,1-2H3,(H,24,26). The van der Waals surface area contributed by atoms with E-state index in [9.17, 15) is 19.1 Å². The quantitative estimate of drug-likeness (QED) is 0.657. The fourth-order valence-electron chi connectivity index (χ4n) is 3.11. The Morgan fingerprint density at radius 3 is 2.55 bits per heavy atom. The Hall–Kier alpha value is -3.61. The minimum absolute atomic E-state index is 0.0184. The average molecular weight is 397 g/mol. The van der Waals surface area contributed by atoms with Gasteiger partial charge in [-0.3, -0.25) is 4.79 Å². The van der Waals surface area contributed by atoms with Crippen LogP contribution in [0.5, 0.6) is 11.5 Å². The monoisotopic (exact) mass is 397 g/mol. The van der Waals surface area contributed by atoms with Crippen molar-refractivity contribution in [2.75, 3.05) is 12.4 Å². The van der Waals surface area contributed by atoms with Crippen molar-refractivity contribution in [1.82, 2.24) is 0 Å². The number of carbonyl (C=O) groups excluding carboxylic acids is 1. The van der Waals surface area contributed by atoms with E-state index in [1.165, 1.54) is 31.4 Å². The number of benzene rings is 2. The van der Waals surface area contributed by atoms with E-state index >= 15 is 0 Å². The minimum atomic E-state index is -0.772. The highest BCUT2D eigenvalue weighted by Gasteiger charge is 2.26. The van der Waals surface area contributed by atoms with Crippen LogP contribution in [0.25, 0.3) is 0 Å². The highest BCUT2D eigenvalue weighted by Crippen LogP contribution is 2.33. The van der Waals surface area contributed by atoms with Crippen molar-refractivity contribution in [2.24, 2.45) is 0 Å². The molecular weight excluding hydrogens is 377 g/mol. The summed E-state index contributed by atoms with van der Waals surface area (Å²) in [4.78, 5) is 25.1. The molecule has 1 amide bonds. The Morgan fingerprint density at radius 2 is 1.93 bits per heavy atom. The molecule has 1 aromatic heterocycles. The first kappa shape index (κ1) is 20.1. The van der Waals surface area contributed by atoms with Gasteiger partial charge in [-0.05, 0) is 42.8 Å². The second-order valence-electron chi connectivity index (χ2n) is 6.53. The van der Waals surface area contributed by atoms with Crippen LogP contribution in [-0.4, -0.2) is 18.1 Å². The third-order valence-electron chi connectivity index (χ3n) is 4.45. The lowest BCUT2D eigenvalue weighted by molar-refractivity contribution is -0.116. The highest BCUT2D eigenvalue weighted by molar-refractivity contribution is 5.91. The number of halogens is 1. The summed E-state index contributed by atoms with van der Waals surface area (Å²) < 4.78 is 23.7. The summed E-state index contributed by atoms with van der Waals surface area (Å²) in [6.45, 7) is 1.55. The summed E-state index contributed by atoms with van der Waals surface area (Å²) >= 11 is 0. The van der Waals surface area contributed by atoms with E-state index in [1.807, 2.05) is 0 Å². The van der Waals surface area contributed by atoms with Crippen molar-refractivity contribution in [2.45, 2.75) is 19.3 Å². The molecule has 0 aliphatic rings. The Bertz CT molecular complexity index is 1080. The van der Waals surface area contributed by atoms with Crippen molar-refractivity contribution < 1.29 is 23.4 Å². The number of carbonyl (C=O) groups is 1. The zero-order valence-corrected chi connectivity index (χ0v) is 15.9. The van der Waals surface area contributed by atoms with Gasteiger partial charge in [0.25, 0.3) is 0 Å². The number of hydrogen-bond donors (Lipinski definition) is 2. The Kier molecular flexibility index (Phi) is 5.97. The van der Waals surface area contributed by atoms with Crippen LogP contribution in [0.2, 0.25) is 0 Å². The maximum atomic E-state index is 13.4. The van der Waals surface area contributed by atoms with Gasteiger partial charge in [0, 0.05) is 24.1 Å². The lowest BCUT2D eigenvalue weighted by atomic mass is 9.88. The largest absolute Gasteiger partial charge is 0.507 e. The number of amides is 1. The number of nitrogens with one attached hydrogen (secondary N) is 1. The van der Waals surface area contributed by atoms with Crippen LogP contribution in [0, 0.1) is 12.7 Å². The van der Waals surface area contributed by atoms with Gasteiger partial charge >= 0.3 is 5.63 Å². The first-order valence-corrected chi connectivity index (χ1v) is 8.90. The number of ether oxygens (including phenoxy) is 1. The summed E-state index contributed by atoms with van der Waals surface area (Å²) in [5.41, 5.74) is 0.173. The average Bonchev–Trinajstić information content (AvgIpc) is 2.66. The molecule has 29 heavy (non-hydrogen) atoms. The van der Waals surface area contributed by atoms with Gasteiger partial charge in [0.15, 0.2) is 0 Å². The SMILES string of the molecule is COc1ccc(C(CC(=O)Nc2cccc(F)c2)c2c(O)cc(C)oc2=O)cc1. The number of hydrogen-bond acceptors (Lipinski definition) is 5. The molecule has 2 N–H and O–H groups in total. The van der Waals surface area contributed by atoms with Crippen LogP contribution >= 0.6 is 0 Å². The second kappa shape index (κ2) is 8.60. The topological polar surface area (TPSA) is 88.8 Å². The molecule has 7 heteroatoms. The Labute approximate surface area is 166 Å². The number of methoxy groups -OCH3 is 1. The Balaban J connectivity index is 1.96. The van der Waals surface area contributed by atoms with Gasteiger partial charge in [0.05, 0.1) is 12.7 Å².